The second-order valence-electron chi connectivity index (χ2n) is 7.17. The summed E-state index contributed by atoms with van der Waals surface area (Å²) in [7, 11) is 0. The standard InChI is InChI=1S/C17H28N4O3/c1-11(18-17(23)19-13-7-9-14(22)10-8-13)16-20-15(21-24-16)12-5-3-2-4-6-12/h11-14,22H,2-10H2,1H3,(H2,18,19,23). The van der Waals surface area contributed by atoms with Crippen LogP contribution in [0.2, 0.25) is 0 Å². The normalized spacial score (nSPS) is 26.8. The van der Waals surface area contributed by atoms with Gasteiger partial charge in [-0.25, -0.2) is 4.79 Å². The summed E-state index contributed by atoms with van der Waals surface area (Å²) in [5, 5.41) is 19.4. The smallest absolute Gasteiger partial charge is 0.315 e. The number of hydrogen-bond donors (Lipinski definition) is 3. The lowest BCUT2D eigenvalue weighted by Crippen LogP contribution is -2.44. The highest BCUT2D eigenvalue weighted by Crippen LogP contribution is 2.31. The quantitative estimate of drug-likeness (QED) is 0.785. The predicted octanol–water partition coefficient (Wildman–Crippen LogP) is 2.78. The molecule has 0 saturated heterocycles. The van der Waals surface area contributed by atoms with Crippen LogP contribution in [0.3, 0.4) is 0 Å². The average molecular weight is 336 g/mol. The maximum atomic E-state index is 12.1. The molecule has 1 atom stereocenters. The highest BCUT2D eigenvalue weighted by Gasteiger charge is 2.25. The summed E-state index contributed by atoms with van der Waals surface area (Å²) >= 11 is 0. The van der Waals surface area contributed by atoms with E-state index in [0.717, 1.165) is 44.3 Å². The average Bonchev–Trinajstić information content (AvgIpc) is 3.08. The molecule has 0 bridgehead atoms. The largest absolute Gasteiger partial charge is 0.393 e. The Kier molecular flexibility index (Phi) is 5.71. The first-order chi connectivity index (χ1) is 11.6. The lowest BCUT2D eigenvalue weighted by atomic mass is 9.89. The third kappa shape index (κ3) is 4.47. The van der Waals surface area contributed by atoms with Crippen LogP contribution in [0.5, 0.6) is 0 Å². The molecule has 134 valence electrons. The maximum absolute atomic E-state index is 12.1. The first-order valence-corrected chi connectivity index (χ1v) is 9.20. The topological polar surface area (TPSA) is 100 Å². The Labute approximate surface area is 142 Å². The Balaban J connectivity index is 1.48. The van der Waals surface area contributed by atoms with Crippen LogP contribution in [-0.2, 0) is 0 Å². The Morgan fingerprint density at radius 3 is 2.58 bits per heavy atom. The molecular weight excluding hydrogens is 308 g/mol. The van der Waals surface area contributed by atoms with Crippen LogP contribution in [0.25, 0.3) is 0 Å². The minimum absolute atomic E-state index is 0.126. The number of hydrogen-bond acceptors (Lipinski definition) is 5. The molecular formula is C17H28N4O3. The van der Waals surface area contributed by atoms with Gasteiger partial charge in [-0.2, -0.15) is 4.98 Å². The van der Waals surface area contributed by atoms with Crippen LogP contribution in [0.1, 0.15) is 88.4 Å². The molecule has 24 heavy (non-hydrogen) atoms. The molecule has 1 aromatic rings. The van der Waals surface area contributed by atoms with Crippen molar-refractivity contribution in [2.45, 2.75) is 88.8 Å². The van der Waals surface area contributed by atoms with E-state index in [9.17, 15) is 9.90 Å². The molecule has 3 rings (SSSR count). The van der Waals surface area contributed by atoms with Crippen LogP contribution in [-0.4, -0.2) is 33.4 Å². The summed E-state index contributed by atoms with van der Waals surface area (Å²) < 4.78 is 5.35. The highest BCUT2D eigenvalue weighted by atomic mass is 16.5. The number of rotatable bonds is 4. The van der Waals surface area contributed by atoms with E-state index >= 15 is 0 Å². The first kappa shape index (κ1) is 17.2. The summed E-state index contributed by atoms with van der Waals surface area (Å²) in [5.41, 5.74) is 0. The number of nitrogens with zero attached hydrogens (tertiary/aromatic N) is 2. The summed E-state index contributed by atoms with van der Waals surface area (Å²) in [6.07, 6.45) is 8.87. The molecule has 2 aliphatic carbocycles. The molecule has 7 nitrogen and oxygen atoms in total. The number of urea groups is 1. The third-order valence-corrected chi connectivity index (χ3v) is 5.18. The molecule has 1 unspecified atom stereocenters. The van der Waals surface area contributed by atoms with E-state index in [1.807, 2.05) is 6.92 Å². The molecule has 0 radical (unpaired) electrons. The van der Waals surface area contributed by atoms with Gasteiger partial charge in [0.15, 0.2) is 5.82 Å². The van der Waals surface area contributed by atoms with Crippen LogP contribution >= 0.6 is 0 Å². The third-order valence-electron chi connectivity index (χ3n) is 5.18. The van der Waals surface area contributed by atoms with Gasteiger partial charge in [0.2, 0.25) is 5.89 Å². The van der Waals surface area contributed by atoms with Crippen molar-refractivity contribution in [3.05, 3.63) is 11.7 Å². The van der Waals surface area contributed by atoms with Crippen molar-refractivity contribution >= 4 is 6.03 Å². The second kappa shape index (κ2) is 7.96. The van der Waals surface area contributed by atoms with E-state index in [4.69, 9.17) is 4.52 Å². The van der Waals surface area contributed by atoms with Gasteiger partial charge in [-0.1, -0.05) is 24.4 Å². The fourth-order valence-electron chi connectivity index (χ4n) is 3.66. The van der Waals surface area contributed by atoms with Gasteiger partial charge in [0.05, 0.1) is 6.10 Å². The zero-order chi connectivity index (χ0) is 16.9. The summed E-state index contributed by atoms with van der Waals surface area (Å²) in [4.78, 5) is 16.6. The van der Waals surface area contributed by atoms with Gasteiger partial charge < -0.3 is 20.3 Å². The molecule has 2 fully saturated rings. The van der Waals surface area contributed by atoms with Gasteiger partial charge in [-0.15, -0.1) is 0 Å². The van der Waals surface area contributed by atoms with Crippen molar-refractivity contribution in [2.24, 2.45) is 0 Å². The van der Waals surface area contributed by atoms with Gasteiger partial charge in [0, 0.05) is 12.0 Å². The lowest BCUT2D eigenvalue weighted by molar-refractivity contribution is 0.117. The lowest BCUT2D eigenvalue weighted by Gasteiger charge is -2.26. The van der Waals surface area contributed by atoms with E-state index in [1.54, 1.807) is 0 Å². The number of aliphatic hydroxyl groups excluding tert-OH is 1. The highest BCUT2D eigenvalue weighted by molar-refractivity contribution is 5.74. The van der Waals surface area contributed by atoms with Crippen molar-refractivity contribution in [1.29, 1.82) is 0 Å². The van der Waals surface area contributed by atoms with E-state index in [0.29, 0.717) is 11.8 Å². The van der Waals surface area contributed by atoms with E-state index < -0.39 is 0 Å². The van der Waals surface area contributed by atoms with Crippen molar-refractivity contribution in [1.82, 2.24) is 20.8 Å². The summed E-state index contributed by atoms with van der Waals surface area (Å²) in [6.45, 7) is 1.85. The number of aromatic nitrogens is 2. The zero-order valence-corrected chi connectivity index (χ0v) is 14.3. The van der Waals surface area contributed by atoms with Crippen LogP contribution in [0.4, 0.5) is 4.79 Å². The Hall–Kier alpha value is -1.63. The fraction of sp³-hybridized carbons (Fsp3) is 0.824. The Morgan fingerprint density at radius 1 is 1.17 bits per heavy atom. The number of amides is 2. The molecule has 0 spiro atoms. The van der Waals surface area contributed by atoms with Gasteiger partial charge >= 0.3 is 6.03 Å². The SMILES string of the molecule is CC(NC(=O)NC1CCC(O)CC1)c1nc(C2CCCCC2)no1. The molecule has 0 aliphatic heterocycles. The number of carbonyl (C=O) groups is 1. The fourth-order valence-corrected chi connectivity index (χ4v) is 3.66. The zero-order valence-electron chi connectivity index (χ0n) is 14.3. The van der Waals surface area contributed by atoms with Crippen molar-refractivity contribution in [3.8, 4) is 0 Å². The van der Waals surface area contributed by atoms with E-state index in [-0.39, 0.29) is 24.2 Å². The second-order valence-corrected chi connectivity index (χ2v) is 7.17. The monoisotopic (exact) mass is 336 g/mol. The van der Waals surface area contributed by atoms with Gasteiger partial charge in [0.1, 0.15) is 6.04 Å². The van der Waals surface area contributed by atoms with E-state index in [1.165, 1.54) is 19.3 Å². The van der Waals surface area contributed by atoms with Gasteiger partial charge in [-0.3, -0.25) is 0 Å². The minimum Gasteiger partial charge on any atom is -0.393 e. The molecule has 7 heteroatoms. The van der Waals surface area contributed by atoms with Crippen molar-refractivity contribution in [2.75, 3.05) is 0 Å². The molecule has 2 aliphatic rings. The summed E-state index contributed by atoms with van der Waals surface area (Å²) in [6, 6.07) is -0.411. The van der Waals surface area contributed by atoms with Crippen molar-refractivity contribution < 1.29 is 14.4 Å². The molecule has 1 heterocycles. The number of aliphatic hydroxyl groups is 1. The van der Waals surface area contributed by atoms with Crippen molar-refractivity contribution in [3.63, 3.8) is 0 Å². The van der Waals surface area contributed by atoms with Gasteiger partial charge in [0.25, 0.3) is 0 Å². The minimum atomic E-state index is -0.316. The van der Waals surface area contributed by atoms with Gasteiger partial charge in [-0.05, 0) is 45.4 Å². The molecule has 3 N–H and O–H groups in total. The summed E-state index contributed by atoms with van der Waals surface area (Å²) in [5.74, 6) is 1.63. The first-order valence-electron chi connectivity index (χ1n) is 9.20. The van der Waals surface area contributed by atoms with Crippen LogP contribution < -0.4 is 10.6 Å². The Bertz CT molecular complexity index is 534. The predicted molar refractivity (Wildman–Crippen MR) is 88.5 cm³/mol. The molecule has 2 amide bonds. The maximum Gasteiger partial charge on any atom is 0.315 e. The molecule has 0 aromatic carbocycles. The Morgan fingerprint density at radius 2 is 1.88 bits per heavy atom. The van der Waals surface area contributed by atoms with E-state index in [2.05, 4.69) is 20.8 Å². The van der Waals surface area contributed by atoms with Crippen LogP contribution in [0.15, 0.2) is 4.52 Å². The molecule has 2 saturated carbocycles. The molecule has 1 aromatic heterocycles. The van der Waals surface area contributed by atoms with Crippen LogP contribution in [0, 0.1) is 0 Å². The number of carbonyl (C=O) groups excluding carboxylic acids is 1. The number of nitrogens with one attached hydrogen (secondary N) is 2.